The Hall–Kier alpha value is -2.59. The molecule has 0 aromatic heterocycles. The van der Waals surface area contributed by atoms with Crippen molar-refractivity contribution in [1.82, 2.24) is 5.32 Å². The zero-order valence-corrected chi connectivity index (χ0v) is 15.8. The molecule has 4 nitrogen and oxygen atoms in total. The predicted molar refractivity (Wildman–Crippen MR) is 107 cm³/mol. The average Bonchev–Trinajstić information content (AvgIpc) is 2.73. The van der Waals surface area contributed by atoms with E-state index in [1.54, 1.807) is 0 Å². The minimum atomic E-state index is -0.0975. The van der Waals surface area contributed by atoms with Gasteiger partial charge in [-0.3, -0.25) is 4.79 Å². The van der Waals surface area contributed by atoms with Crippen LogP contribution in [-0.4, -0.2) is 31.8 Å². The molecule has 0 unspecified atom stereocenters. The second-order valence-electron chi connectivity index (χ2n) is 6.73. The lowest BCUT2D eigenvalue weighted by atomic mass is 9.95. The van der Waals surface area contributed by atoms with Gasteiger partial charge in [0.1, 0.15) is 6.61 Å². The van der Waals surface area contributed by atoms with Crippen LogP contribution in [0.25, 0.3) is 5.57 Å². The van der Waals surface area contributed by atoms with E-state index in [0.29, 0.717) is 19.8 Å². The van der Waals surface area contributed by atoms with Crippen LogP contribution in [0.4, 0.5) is 0 Å². The summed E-state index contributed by atoms with van der Waals surface area (Å²) in [5.74, 6) is -0.138. The molecule has 2 aromatic rings. The molecule has 2 atom stereocenters. The lowest BCUT2D eigenvalue weighted by Gasteiger charge is -2.28. The molecular weight excluding hydrogens is 338 g/mol. The number of carbonyl (C=O) groups excluding carboxylic acids is 1. The summed E-state index contributed by atoms with van der Waals surface area (Å²) in [6.07, 6.45) is 3.60. The number of hydrogen-bond donors (Lipinski definition) is 1. The van der Waals surface area contributed by atoms with Gasteiger partial charge in [-0.05, 0) is 30.9 Å². The van der Waals surface area contributed by atoms with Crippen molar-refractivity contribution in [2.45, 2.75) is 25.8 Å². The summed E-state index contributed by atoms with van der Waals surface area (Å²) in [4.78, 5) is 11.8. The van der Waals surface area contributed by atoms with E-state index in [0.717, 1.165) is 29.5 Å². The van der Waals surface area contributed by atoms with Gasteiger partial charge in [0.25, 0.3) is 0 Å². The predicted octanol–water partition coefficient (Wildman–Crippen LogP) is 4.02. The van der Waals surface area contributed by atoms with Crippen LogP contribution < -0.4 is 5.32 Å². The Bertz CT molecular complexity index is 693. The van der Waals surface area contributed by atoms with Crippen molar-refractivity contribution in [3.05, 3.63) is 78.1 Å². The molecule has 1 aliphatic rings. The highest BCUT2D eigenvalue weighted by atomic mass is 16.5. The van der Waals surface area contributed by atoms with Gasteiger partial charge >= 0.3 is 5.97 Å². The molecule has 0 spiro atoms. The van der Waals surface area contributed by atoms with Crippen LogP contribution in [0.3, 0.4) is 0 Å². The third kappa shape index (κ3) is 5.44. The van der Waals surface area contributed by atoms with E-state index < -0.39 is 0 Å². The minimum Gasteiger partial charge on any atom is -0.499 e. The van der Waals surface area contributed by atoms with E-state index in [1.165, 1.54) is 0 Å². The van der Waals surface area contributed by atoms with Crippen molar-refractivity contribution < 1.29 is 14.3 Å². The Morgan fingerprint density at radius 1 is 1.04 bits per heavy atom. The van der Waals surface area contributed by atoms with Crippen molar-refractivity contribution in [1.29, 1.82) is 0 Å². The van der Waals surface area contributed by atoms with Crippen molar-refractivity contribution in [3.63, 3.8) is 0 Å². The average molecular weight is 365 g/mol. The maximum absolute atomic E-state index is 11.8. The SMILES string of the molecule is CCOC(=O)[C@@H]1CC[C@H](COC=C(c2ccccc2)c2ccccc2)NC1. The van der Waals surface area contributed by atoms with Crippen molar-refractivity contribution in [2.24, 2.45) is 5.92 Å². The summed E-state index contributed by atoms with van der Waals surface area (Å²) >= 11 is 0. The quantitative estimate of drug-likeness (QED) is 0.595. The van der Waals surface area contributed by atoms with Gasteiger partial charge in [0.05, 0.1) is 18.8 Å². The van der Waals surface area contributed by atoms with Gasteiger partial charge in [-0.2, -0.15) is 0 Å². The molecular formula is C23H27NO3. The molecule has 0 amide bonds. The van der Waals surface area contributed by atoms with Gasteiger partial charge in [-0.1, -0.05) is 60.7 Å². The zero-order valence-electron chi connectivity index (χ0n) is 15.8. The first-order chi connectivity index (χ1) is 13.3. The van der Waals surface area contributed by atoms with Crippen molar-refractivity contribution in [2.75, 3.05) is 19.8 Å². The summed E-state index contributed by atoms with van der Waals surface area (Å²) in [5, 5.41) is 3.41. The summed E-state index contributed by atoms with van der Waals surface area (Å²) < 4.78 is 11.1. The van der Waals surface area contributed by atoms with Crippen LogP contribution in [0, 0.1) is 5.92 Å². The van der Waals surface area contributed by atoms with Gasteiger partial charge in [0.2, 0.25) is 0 Å². The Morgan fingerprint density at radius 2 is 1.67 bits per heavy atom. The smallest absolute Gasteiger partial charge is 0.310 e. The Morgan fingerprint density at radius 3 is 2.19 bits per heavy atom. The van der Waals surface area contributed by atoms with Crippen molar-refractivity contribution >= 4 is 11.5 Å². The normalized spacial score (nSPS) is 19.1. The largest absolute Gasteiger partial charge is 0.499 e. The molecule has 27 heavy (non-hydrogen) atoms. The third-order valence-corrected chi connectivity index (χ3v) is 4.80. The molecule has 0 aliphatic carbocycles. The molecule has 0 radical (unpaired) electrons. The van der Waals surface area contributed by atoms with Crippen LogP contribution in [-0.2, 0) is 14.3 Å². The number of carbonyl (C=O) groups is 1. The van der Waals surface area contributed by atoms with Gasteiger partial charge in [-0.25, -0.2) is 0 Å². The summed E-state index contributed by atoms with van der Waals surface area (Å²) in [7, 11) is 0. The summed E-state index contributed by atoms with van der Waals surface area (Å²) in [5.41, 5.74) is 3.32. The first kappa shape index (κ1) is 19.2. The number of benzene rings is 2. The number of piperidine rings is 1. The summed E-state index contributed by atoms with van der Waals surface area (Å²) in [6.45, 7) is 3.52. The van der Waals surface area contributed by atoms with Gasteiger partial charge in [0.15, 0.2) is 0 Å². The van der Waals surface area contributed by atoms with E-state index >= 15 is 0 Å². The first-order valence-electron chi connectivity index (χ1n) is 9.60. The fourth-order valence-electron chi connectivity index (χ4n) is 3.30. The Labute approximate surface area is 161 Å². The minimum absolute atomic E-state index is 0.0408. The maximum atomic E-state index is 11.8. The number of nitrogens with one attached hydrogen (secondary N) is 1. The second-order valence-corrected chi connectivity index (χ2v) is 6.73. The molecule has 1 saturated heterocycles. The summed E-state index contributed by atoms with van der Waals surface area (Å²) in [6, 6.07) is 20.8. The molecule has 0 saturated carbocycles. The molecule has 2 aromatic carbocycles. The van der Waals surface area contributed by atoms with E-state index in [4.69, 9.17) is 9.47 Å². The van der Waals surface area contributed by atoms with Crippen LogP contribution in [0.1, 0.15) is 30.9 Å². The van der Waals surface area contributed by atoms with E-state index in [1.807, 2.05) is 49.6 Å². The Kier molecular flexibility index (Phi) is 7.05. The van der Waals surface area contributed by atoms with Crippen LogP contribution in [0.15, 0.2) is 66.9 Å². The highest BCUT2D eigenvalue weighted by Gasteiger charge is 2.26. The highest BCUT2D eigenvalue weighted by Crippen LogP contribution is 2.23. The molecule has 1 heterocycles. The molecule has 142 valence electrons. The monoisotopic (exact) mass is 365 g/mol. The van der Waals surface area contributed by atoms with Crippen LogP contribution in [0.2, 0.25) is 0 Å². The van der Waals surface area contributed by atoms with E-state index in [-0.39, 0.29) is 17.9 Å². The third-order valence-electron chi connectivity index (χ3n) is 4.80. The van der Waals surface area contributed by atoms with Gasteiger partial charge < -0.3 is 14.8 Å². The van der Waals surface area contributed by atoms with Gasteiger partial charge in [-0.15, -0.1) is 0 Å². The first-order valence-corrected chi connectivity index (χ1v) is 9.60. The maximum Gasteiger partial charge on any atom is 0.310 e. The number of ether oxygens (including phenoxy) is 2. The number of rotatable bonds is 7. The number of hydrogen-bond acceptors (Lipinski definition) is 4. The highest BCUT2D eigenvalue weighted by molar-refractivity contribution is 5.79. The zero-order chi connectivity index (χ0) is 18.9. The van der Waals surface area contributed by atoms with Crippen LogP contribution >= 0.6 is 0 Å². The lowest BCUT2D eigenvalue weighted by molar-refractivity contribution is -0.148. The Balaban J connectivity index is 1.59. The second kappa shape index (κ2) is 9.93. The fraction of sp³-hybridized carbons (Fsp3) is 0.348. The molecule has 1 N–H and O–H groups in total. The molecule has 0 bridgehead atoms. The standard InChI is InChI=1S/C23H27NO3/c1-2-27-23(25)20-13-14-21(24-15-20)16-26-17-22(18-9-5-3-6-10-18)19-11-7-4-8-12-19/h3-12,17,20-21,24H,2,13-16H2,1H3/t20-,21-/m1/s1. The van der Waals surface area contributed by atoms with Crippen molar-refractivity contribution in [3.8, 4) is 0 Å². The van der Waals surface area contributed by atoms with E-state index in [9.17, 15) is 4.79 Å². The van der Waals surface area contributed by atoms with Gasteiger partial charge in [0, 0.05) is 18.2 Å². The van der Waals surface area contributed by atoms with E-state index in [2.05, 4.69) is 29.6 Å². The molecule has 4 heteroatoms. The lowest BCUT2D eigenvalue weighted by Crippen LogP contribution is -2.44. The fourth-order valence-corrected chi connectivity index (χ4v) is 3.30. The number of esters is 1. The molecule has 3 rings (SSSR count). The molecule has 1 fully saturated rings. The van der Waals surface area contributed by atoms with Crippen LogP contribution in [0.5, 0.6) is 0 Å². The topological polar surface area (TPSA) is 47.6 Å². The molecule has 1 aliphatic heterocycles.